The Kier molecular flexibility index (Phi) is 3.63. The highest BCUT2D eigenvalue weighted by Crippen LogP contribution is 2.42. The molecule has 0 unspecified atom stereocenters. The second kappa shape index (κ2) is 4.54. The van der Waals surface area contributed by atoms with Crippen LogP contribution in [-0.4, -0.2) is 4.98 Å². The van der Waals surface area contributed by atoms with Crippen molar-refractivity contribution in [1.82, 2.24) is 4.98 Å². The number of halogens is 7. The first kappa shape index (κ1) is 14.4. The Hall–Kier alpha value is -1.67. The maximum Gasteiger partial charge on any atom is 0.419 e. The highest BCUT2D eigenvalue weighted by Gasteiger charge is 2.40. The van der Waals surface area contributed by atoms with Crippen LogP contribution < -0.4 is 0 Å². The maximum absolute atomic E-state index is 12.4. The minimum absolute atomic E-state index is 0.251. The topological polar surface area (TPSA) is 61.7 Å². The van der Waals surface area contributed by atoms with E-state index in [1.807, 2.05) is 4.91 Å². The molecule has 0 aliphatic heterocycles. The lowest BCUT2D eigenvalue weighted by Gasteiger charge is -2.14. The van der Waals surface area contributed by atoms with Gasteiger partial charge in [0, 0.05) is 4.91 Å². The van der Waals surface area contributed by atoms with Crippen molar-refractivity contribution in [1.29, 1.82) is 0 Å². The number of nitrogens with zero attached hydrogens (tertiary/aromatic N) is 4. The van der Waals surface area contributed by atoms with Crippen molar-refractivity contribution in [3.8, 4) is 0 Å². The second-order valence-corrected chi connectivity index (χ2v) is 3.24. The first-order valence-electron chi connectivity index (χ1n) is 3.97. The average molecular weight is 291 g/mol. The largest absolute Gasteiger partial charge is 0.419 e. The second-order valence-electron chi connectivity index (χ2n) is 2.88. The van der Waals surface area contributed by atoms with E-state index in [1.165, 1.54) is 0 Å². The van der Waals surface area contributed by atoms with Gasteiger partial charge < -0.3 is 0 Å². The molecule has 0 aliphatic rings. The number of alkyl halides is 6. The third-order valence-corrected chi connectivity index (χ3v) is 1.99. The fourth-order valence-electron chi connectivity index (χ4n) is 1.01. The monoisotopic (exact) mass is 290 g/mol. The van der Waals surface area contributed by atoms with E-state index in [2.05, 4.69) is 10.1 Å². The smallest absolute Gasteiger partial charge is 0.233 e. The Morgan fingerprint density at radius 3 is 2.00 bits per heavy atom. The fourth-order valence-corrected chi connectivity index (χ4v) is 1.25. The van der Waals surface area contributed by atoms with Crippen LogP contribution in [-0.2, 0) is 12.4 Å². The molecule has 1 aromatic rings. The van der Waals surface area contributed by atoms with Crippen molar-refractivity contribution in [2.75, 3.05) is 0 Å². The van der Waals surface area contributed by atoms with Gasteiger partial charge in [-0.3, -0.25) is 0 Å². The summed E-state index contributed by atoms with van der Waals surface area (Å²) in [6, 6.07) is -0.251. The highest BCUT2D eigenvalue weighted by atomic mass is 35.5. The van der Waals surface area contributed by atoms with E-state index in [9.17, 15) is 26.3 Å². The van der Waals surface area contributed by atoms with Crippen LogP contribution in [0.3, 0.4) is 0 Å². The molecule has 0 bridgehead atoms. The lowest BCUT2D eigenvalue weighted by atomic mass is 10.1. The van der Waals surface area contributed by atoms with Crippen molar-refractivity contribution < 1.29 is 26.3 Å². The van der Waals surface area contributed by atoms with Gasteiger partial charge in [-0.2, -0.15) is 26.3 Å². The lowest BCUT2D eigenvalue weighted by Crippen LogP contribution is -2.12. The number of azide groups is 1. The predicted octanol–water partition coefficient (Wildman–Crippen LogP) is 4.71. The molecule has 1 heterocycles. The summed E-state index contributed by atoms with van der Waals surface area (Å²) in [5.74, 6) is -1.26. The zero-order chi connectivity index (χ0) is 14.1. The molecule has 1 aromatic heterocycles. The molecule has 4 nitrogen and oxygen atoms in total. The molecule has 0 saturated carbocycles. The third kappa shape index (κ3) is 2.96. The lowest BCUT2D eigenvalue weighted by molar-refractivity contribution is -0.143. The Morgan fingerprint density at radius 2 is 1.61 bits per heavy atom. The van der Waals surface area contributed by atoms with E-state index in [1.54, 1.807) is 0 Å². The summed E-state index contributed by atoms with van der Waals surface area (Å²) in [5, 5.41) is 1.33. The van der Waals surface area contributed by atoms with Crippen LogP contribution in [0, 0.1) is 0 Å². The SMILES string of the molecule is [N-]=[N+]=Nc1nc(Cl)c(C(F)(F)F)cc1C(F)(F)F. The number of aromatic nitrogens is 1. The van der Waals surface area contributed by atoms with Crippen molar-refractivity contribution in [2.24, 2.45) is 5.11 Å². The van der Waals surface area contributed by atoms with Gasteiger partial charge in [-0.1, -0.05) is 11.6 Å². The van der Waals surface area contributed by atoms with Gasteiger partial charge in [0.1, 0.15) is 11.0 Å². The molecule has 0 fully saturated rings. The standard InChI is InChI=1S/C7HClF6N4/c8-4-2(6(9,10)11)1-3(7(12,13)14)5(16-4)17-18-15/h1H. The highest BCUT2D eigenvalue weighted by molar-refractivity contribution is 6.30. The van der Waals surface area contributed by atoms with Crippen molar-refractivity contribution in [3.63, 3.8) is 0 Å². The molecule has 0 atom stereocenters. The van der Waals surface area contributed by atoms with Gasteiger partial charge in [0.15, 0.2) is 0 Å². The van der Waals surface area contributed by atoms with E-state index in [4.69, 9.17) is 17.1 Å². The van der Waals surface area contributed by atoms with Gasteiger partial charge >= 0.3 is 12.4 Å². The molecule has 1 rings (SSSR count). The summed E-state index contributed by atoms with van der Waals surface area (Å²) >= 11 is 5.09. The molecule has 18 heavy (non-hydrogen) atoms. The van der Waals surface area contributed by atoms with Crippen LogP contribution in [0.1, 0.15) is 11.1 Å². The Morgan fingerprint density at radius 1 is 1.11 bits per heavy atom. The summed E-state index contributed by atoms with van der Waals surface area (Å²) in [7, 11) is 0. The number of rotatable bonds is 1. The molecular formula is C7HClF6N4. The molecule has 0 spiro atoms. The average Bonchev–Trinajstić information content (AvgIpc) is 2.13. The molecule has 0 saturated heterocycles. The quantitative estimate of drug-likeness (QED) is 0.243. The van der Waals surface area contributed by atoms with Gasteiger partial charge in [-0.15, -0.1) is 0 Å². The maximum atomic E-state index is 12.4. The molecule has 0 radical (unpaired) electrons. The van der Waals surface area contributed by atoms with Crippen LogP contribution in [0.2, 0.25) is 5.15 Å². The van der Waals surface area contributed by atoms with Crippen molar-refractivity contribution >= 4 is 17.4 Å². The van der Waals surface area contributed by atoms with Gasteiger partial charge in [0.2, 0.25) is 0 Å². The summed E-state index contributed by atoms with van der Waals surface area (Å²) < 4.78 is 74.3. The minimum atomic E-state index is -5.15. The Balaban J connectivity index is 3.61. The Labute approximate surface area is 99.8 Å². The molecule has 0 N–H and O–H groups in total. The molecule has 0 amide bonds. The number of hydrogen-bond donors (Lipinski definition) is 0. The van der Waals surface area contributed by atoms with Gasteiger partial charge in [-0.25, -0.2) is 4.98 Å². The van der Waals surface area contributed by atoms with Crippen molar-refractivity contribution in [2.45, 2.75) is 12.4 Å². The number of pyridine rings is 1. The predicted molar refractivity (Wildman–Crippen MR) is 48.1 cm³/mol. The van der Waals surface area contributed by atoms with E-state index < -0.39 is 34.5 Å². The molecule has 98 valence electrons. The van der Waals surface area contributed by atoms with Gasteiger partial charge in [0.05, 0.1) is 11.1 Å². The summed E-state index contributed by atoms with van der Waals surface area (Å²) in [4.78, 5) is 4.84. The number of hydrogen-bond acceptors (Lipinski definition) is 2. The minimum Gasteiger partial charge on any atom is -0.233 e. The fraction of sp³-hybridized carbons (Fsp3) is 0.286. The third-order valence-electron chi connectivity index (χ3n) is 1.71. The van der Waals surface area contributed by atoms with Crippen LogP contribution in [0.5, 0.6) is 0 Å². The van der Waals surface area contributed by atoms with Crippen molar-refractivity contribution in [3.05, 3.63) is 32.8 Å². The molecular weight excluding hydrogens is 290 g/mol. The van der Waals surface area contributed by atoms with E-state index in [0.717, 1.165) is 0 Å². The van der Waals surface area contributed by atoms with Crippen LogP contribution in [0.15, 0.2) is 11.2 Å². The molecule has 0 aliphatic carbocycles. The van der Waals surface area contributed by atoms with Crippen LogP contribution >= 0.6 is 11.6 Å². The van der Waals surface area contributed by atoms with E-state index in [-0.39, 0.29) is 6.07 Å². The zero-order valence-electron chi connectivity index (χ0n) is 8.01. The van der Waals surface area contributed by atoms with Crippen LogP contribution in [0.4, 0.5) is 32.2 Å². The molecule has 11 heteroatoms. The normalized spacial score (nSPS) is 12.2. The first-order chi connectivity index (χ1) is 8.07. The van der Waals surface area contributed by atoms with E-state index >= 15 is 0 Å². The van der Waals surface area contributed by atoms with Crippen LogP contribution in [0.25, 0.3) is 10.4 Å². The summed E-state index contributed by atoms with van der Waals surface area (Å²) in [6.45, 7) is 0. The van der Waals surface area contributed by atoms with E-state index in [0.29, 0.717) is 0 Å². The Bertz CT molecular complexity index is 516. The first-order valence-corrected chi connectivity index (χ1v) is 4.35. The zero-order valence-corrected chi connectivity index (χ0v) is 8.77. The van der Waals surface area contributed by atoms with Gasteiger partial charge in [0.25, 0.3) is 0 Å². The summed E-state index contributed by atoms with van der Waals surface area (Å²) in [5.41, 5.74) is 4.45. The van der Waals surface area contributed by atoms with Gasteiger partial charge in [-0.05, 0) is 16.7 Å². The summed E-state index contributed by atoms with van der Waals surface area (Å²) in [6.07, 6.45) is -10.2. The molecule has 0 aromatic carbocycles.